The first-order chi connectivity index (χ1) is 10.4. The second-order valence-electron chi connectivity index (χ2n) is 7.09. The lowest BCUT2D eigenvalue weighted by Gasteiger charge is -2.45. The van der Waals surface area contributed by atoms with E-state index >= 15 is 0 Å². The summed E-state index contributed by atoms with van der Waals surface area (Å²) in [6.07, 6.45) is 1.60. The molecule has 22 heavy (non-hydrogen) atoms. The van der Waals surface area contributed by atoms with Gasteiger partial charge >= 0.3 is 6.03 Å². The molecular weight excluding hydrogens is 298 g/mol. The van der Waals surface area contributed by atoms with E-state index in [4.69, 9.17) is 4.74 Å². The fraction of sp³-hybridized carbons (Fsp3) is 0.938. The quantitative estimate of drug-likeness (QED) is 0.860. The van der Waals surface area contributed by atoms with Gasteiger partial charge in [0.2, 0.25) is 0 Å². The Morgan fingerprint density at radius 3 is 2.59 bits per heavy atom. The van der Waals surface area contributed by atoms with Crippen LogP contribution in [0.2, 0.25) is 0 Å². The molecule has 0 aromatic rings. The molecular formula is C16H31N3O2S. The molecule has 0 aromatic carbocycles. The molecule has 2 unspecified atom stereocenters. The standard InChI is InChI=1S/C16H31N3O2S/c1-13-10-19(11-14(2)21-13)16(3,4)12-17-15(20)18-6-5-8-22-9-7-18/h13-14H,5-12H2,1-4H3,(H,17,20). The van der Waals surface area contributed by atoms with Crippen LogP contribution in [0.4, 0.5) is 4.79 Å². The van der Waals surface area contributed by atoms with Crippen molar-refractivity contribution in [1.82, 2.24) is 15.1 Å². The van der Waals surface area contributed by atoms with Crippen molar-refractivity contribution in [2.45, 2.75) is 51.9 Å². The van der Waals surface area contributed by atoms with E-state index < -0.39 is 0 Å². The fourth-order valence-electron chi connectivity index (χ4n) is 3.14. The van der Waals surface area contributed by atoms with Crippen LogP contribution in [0.15, 0.2) is 0 Å². The number of amides is 2. The largest absolute Gasteiger partial charge is 0.373 e. The second kappa shape index (κ2) is 7.88. The monoisotopic (exact) mass is 329 g/mol. The highest BCUT2D eigenvalue weighted by molar-refractivity contribution is 7.99. The molecule has 2 rings (SSSR count). The second-order valence-corrected chi connectivity index (χ2v) is 8.31. The maximum atomic E-state index is 12.4. The van der Waals surface area contributed by atoms with Gasteiger partial charge in [0, 0.05) is 44.0 Å². The third kappa shape index (κ3) is 5.03. The molecule has 0 saturated carbocycles. The number of hydrogen-bond acceptors (Lipinski definition) is 4. The van der Waals surface area contributed by atoms with Gasteiger partial charge in [-0.2, -0.15) is 11.8 Å². The third-order valence-corrected chi connectivity index (χ3v) is 5.51. The summed E-state index contributed by atoms with van der Waals surface area (Å²) in [4.78, 5) is 16.8. The lowest BCUT2D eigenvalue weighted by molar-refractivity contribution is -0.0948. The van der Waals surface area contributed by atoms with E-state index in [1.165, 1.54) is 5.75 Å². The van der Waals surface area contributed by atoms with Gasteiger partial charge in [0.25, 0.3) is 0 Å². The molecule has 0 bridgehead atoms. The Bertz CT molecular complexity index is 360. The van der Waals surface area contributed by atoms with Gasteiger partial charge in [0.1, 0.15) is 0 Å². The normalized spacial score (nSPS) is 28.3. The number of ether oxygens (including phenoxy) is 1. The van der Waals surface area contributed by atoms with Gasteiger partial charge < -0.3 is 15.0 Å². The van der Waals surface area contributed by atoms with Crippen molar-refractivity contribution >= 4 is 17.8 Å². The number of thioether (sulfide) groups is 1. The lowest BCUT2D eigenvalue weighted by Crippen LogP contribution is -2.59. The van der Waals surface area contributed by atoms with Crippen LogP contribution >= 0.6 is 11.8 Å². The van der Waals surface area contributed by atoms with Crippen molar-refractivity contribution in [3.8, 4) is 0 Å². The van der Waals surface area contributed by atoms with Crippen molar-refractivity contribution in [3.63, 3.8) is 0 Å². The summed E-state index contributed by atoms with van der Waals surface area (Å²) >= 11 is 1.94. The van der Waals surface area contributed by atoms with Gasteiger partial charge in [-0.3, -0.25) is 4.90 Å². The molecule has 2 aliphatic rings. The Kier molecular flexibility index (Phi) is 6.41. The summed E-state index contributed by atoms with van der Waals surface area (Å²) in [6, 6.07) is 0.0879. The van der Waals surface area contributed by atoms with E-state index in [-0.39, 0.29) is 23.8 Å². The third-order valence-electron chi connectivity index (χ3n) is 4.46. The molecule has 6 heteroatoms. The minimum atomic E-state index is -0.0530. The first kappa shape index (κ1) is 17.9. The van der Waals surface area contributed by atoms with E-state index in [1.807, 2.05) is 16.7 Å². The van der Waals surface area contributed by atoms with Crippen LogP contribution in [-0.4, -0.2) is 77.8 Å². The number of carbonyl (C=O) groups excluding carboxylic acids is 1. The van der Waals surface area contributed by atoms with Crippen LogP contribution in [0.3, 0.4) is 0 Å². The van der Waals surface area contributed by atoms with E-state index in [2.05, 4.69) is 37.9 Å². The van der Waals surface area contributed by atoms with E-state index in [1.54, 1.807) is 0 Å². The highest BCUT2D eigenvalue weighted by Gasteiger charge is 2.33. The molecule has 0 aliphatic carbocycles. The van der Waals surface area contributed by atoms with Crippen LogP contribution in [-0.2, 0) is 4.74 Å². The van der Waals surface area contributed by atoms with Gasteiger partial charge in [-0.05, 0) is 39.9 Å². The molecule has 2 saturated heterocycles. The van der Waals surface area contributed by atoms with Gasteiger partial charge in [-0.1, -0.05) is 0 Å². The number of morpholine rings is 1. The summed E-state index contributed by atoms with van der Waals surface area (Å²) in [7, 11) is 0. The molecule has 0 spiro atoms. The van der Waals surface area contributed by atoms with Crippen LogP contribution in [0.25, 0.3) is 0 Å². The van der Waals surface area contributed by atoms with Gasteiger partial charge in [0.15, 0.2) is 0 Å². The van der Waals surface area contributed by atoms with E-state index in [0.717, 1.165) is 38.4 Å². The zero-order valence-electron chi connectivity index (χ0n) is 14.4. The molecule has 1 N–H and O–H groups in total. The minimum absolute atomic E-state index is 0.0530. The smallest absolute Gasteiger partial charge is 0.317 e. The van der Waals surface area contributed by atoms with Gasteiger partial charge in [0.05, 0.1) is 12.2 Å². The Balaban J connectivity index is 1.84. The zero-order chi connectivity index (χ0) is 16.2. The number of rotatable bonds is 3. The summed E-state index contributed by atoms with van der Waals surface area (Å²) in [5.41, 5.74) is -0.0530. The topological polar surface area (TPSA) is 44.8 Å². The highest BCUT2D eigenvalue weighted by atomic mass is 32.2. The average Bonchev–Trinajstić information content (AvgIpc) is 2.73. The molecule has 0 radical (unpaired) electrons. The van der Waals surface area contributed by atoms with Crippen molar-refractivity contribution in [1.29, 1.82) is 0 Å². The SMILES string of the molecule is CC1CN(C(C)(C)CNC(=O)N2CCCSCC2)CC(C)O1. The maximum absolute atomic E-state index is 12.4. The van der Waals surface area contributed by atoms with Crippen molar-refractivity contribution in [3.05, 3.63) is 0 Å². The Morgan fingerprint density at radius 2 is 1.91 bits per heavy atom. The molecule has 2 amide bonds. The van der Waals surface area contributed by atoms with E-state index in [9.17, 15) is 4.79 Å². The predicted molar refractivity (Wildman–Crippen MR) is 92.6 cm³/mol. The zero-order valence-corrected chi connectivity index (χ0v) is 15.2. The van der Waals surface area contributed by atoms with Crippen molar-refractivity contribution in [2.24, 2.45) is 0 Å². The molecule has 2 fully saturated rings. The molecule has 2 atom stereocenters. The molecule has 5 nitrogen and oxygen atoms in total. The van der Waals surface area contributed by atoms with Crippen LogP contribution in [0, 0.1) is 0 Å². The number of hydrogen-bond donors (Lipinski definition) is 1. The minimum Gasteiger partial charge on any atom is -0.373 e. The number of urea groups is 1. The van der Waals surface area contributed by atoms with Gasteiger partial charge in [-0.15, -0.1) is 0 Å². The van der Waals surface area contributed by atoms with Crippen molar-refractivity contribution in [2.75, 3.05) is 44.2 Å². The molecule has 0 aromatic heterocycles. The highest BCUT2D eigenvalue weighted by Crippen LogP contribution is 2.20. The molecule has 2 heterocycles. The Morgan fingerprint density at radius 1 is 1.23 bits per heavy atom. The summed E-state index contributed by atoms with van der Waals surface area (Å²) < 4.78 is 5.81. The van der Waals surface area contributed by atoms with Crippen LogP contribution in [0.1, 0.15) is 34.1 Å². The fourth-order valence-corrected chi connectivity index (χ4v) is 4.02. The maximum Gasteiger partial charge on any atom is 0.317 e. The van der Waals surface area contributed by atoms with Crippen LogP contribution in [0.5, 0.6) is 0 Å². The molecule has 128 valence electrons. The lowest BCUT2D eigenvalue weighted by atomic mass is 10.00. The summed E-state index contributed by atoms with van der Waals surface area (Å²) in [5, 5.41) is 3.14. The number of nitrogens with one attached hydrogen (secondary N) is 1. The first-order valence-corrected chi connectivity index (χ1v) is 9.55. The van der Waals surface area contributed by atoms with E-state index in [0.29, 0.717) is 6.54 Å². The molecule has 2 aliphatic heterocycles. The number of nitrogens with zero attached hydrogens (tertiary/aromatic N) is 2. The summed E-state index contributed by atoms with van der Waals surface area (Å²) in [6.45, 7) is 12.9. The first-order valence-electron chi connectivity index (χ1n) is 8.39. The van der Waals surface area contributed by atoms with Crippen molar-refractivity contribution < 1.29 is 9.53 Å². The Hall–Kier alpha value is -0.460. The summed E-state index contributed by atoms with van der Waals surface area (Å²) in [5.74, 6) is 2.22. The number of carbonyl (C=O) groups is 1. The predicted octanol–water partition coefficient (Wildman–Crippen LogP) is 2.02. The average molecular weight is 330 g/mol. The Labute approximate surface area is 139 Å². The van der Waals surface area contributed by atoms with Gasteiger partial charge in [-0.25, -0.2) is 4.79 Å². The van der Waals surface area contributed by atoms with Crippen LogP contribution < -0.4 is 5.32 Å².